The van der Waals surface area contributed by atoms with Crippen molar-refractivity contribution in [3.63, 3.8) is 0 Å². The number of hydrogen-bond acceptors (Lipinski definition) is 6. The van der Waals surface area contributed by atoms with Crippen molar-refractivity contribution < 1.29 is 4.74 Å². The summed E-state index contributed by atoms with van der Waals surface area (Å²) in [6, 6.07) is 0. The van der Waals surface area contributed by atoms with Gasteiger partial charge in [-0.25, -0.2) is 15.8 Å². The molecule has 0 aliphatic heterocycles. The Balaban J connectivity index is 1.80. The first kappa shape index (κ1) is 16.0. The summed E-state index contributed by atoms with van der Waals surface area (Å²) < 4.78 is 5.63. The molecule has 1 aromatic heterocycles. The lowest BCUT2D eigenvalue weighted by molar-refractivity contribution is 0.124. The minimum Gasteiger partial charge on any atom is -0.381 e. The molecule has 0 unspecified atom stereocenters. The van der Waals surface area contributed by atoms with Gasteiger partial charge in [-0.3, -0.25) is 0 Å². The molecule has 1 aromatic rings. The summed E-state index contributed by atoms with van der Waals surface area (Å²) in [6.45, 7) is 6.66. The highest BCUT2D eigenvalue weighted by atomic mass is 16.5. The summed E-state index contributed by atoms with van der Waals surface area (Å²) in [5, 5.41) is 3.36. The van der Waals surface area contributed by atoms with Gasteiger partial charge in [0.15, 0.2) is 0 Å². The van der Waals surface area contributed by atoms with Crippen LogP contribution >= 0.6 is 0 Å². The Kier molecular flexibility index (Phi) is 6.20. The van der Waals surface area contributed by atoms with Crippen LogP contribution in [-0.2, 0) is 11.2 Å². The molecule has 6 nitrogen and oxygen atoms in total. The van der Waals surface area contributed by atoms with Gasteiger partial charge in [0.05, 0.1) is 0 Å². The second-order valence-electron chi connectivity index (χ2n) is 5.66. The Bertz CT molecular complexity index is 448. The predicted octanol–water partition coefficient (Wildman–Crippen LogP) is 2.25. The molecule has 4 N–H and O–H groups in total. The topological polar surface area (TPSA) is 85.1 Å². The van der Waals surface area contributed by atoms with Crippen LogP contribution < -0.4 is 16.6 Å². The van der Waals surface area contributed by atoms with Gasteiger partial charge in [-0.2, -0.15) is 0 Å². The van der Waals surface area contributed by atoms with Crippen molar-refractivity contribution in [3.8, 4) is 0 Å². The van der Waals surface area contributed by atoms with E-state index in [1.165, 1.54) is 12.8 Å². The maximum Gasteiger partial charge on any atom is 0.148 e. The first-order valence-corrected chi connectivity index (χ1v) is 7.90. The second kappa shape index (κ2) is 8.14. The summed E-state index contributed by atoms with van der Waals surface area (Å²) in [7, 11) is 0. The second-order valence-corrected chi connectivity index (χ2v) is 5.66. The molecule has 1 aliphatic rings. The molecule has 1 saturated carbocycles. The molecule has 21 heavy (non-hydrogen) atoms. The average molecular weight is 293 g/mol. The van der Waals surface area contributed by atoms with Gasteiger partial charge in [0.2, 0.25) is 0 Å². The highest BCUT2D eigenvalue weighted by Crippen LogP contribution is 2.28. The van der Waals surface area contributed by atoms with E-state index in [1.807, 2.05) is 6.92 Å². The number of anilines is 2. The molecule has 0 saturated heterocycles. The quantitative estimate of drug-likeness (QED) is 0.348. The third kappa shape index (κ3) is 5.13. The van der Waals surface area contributed by atoms with Crippen LogP contribution in [0.4, 0.5) is 11.6 Å². The maximum absolute atomic E-state index is 5.63. The van der Waals surface area contributed by atoms with Crippen LogP contribution in [0.1, 0.15) is 44.0 Å². The molecule has 1 heterocycles. The lowest BCUT2D eigenvalue weighted by atomic mass is 10.2. The van der Waals surface area contributed by atoms with Crippen molar-refractivity contribution in [2.75, 3.05) is 30.5 Å². The smallest absolute Gasteiger partial charge is 0.148 e. The van der Waals surface area contributed by atoms with Crippen LogP contribution in [0, 0.1) is 12.8 Å². The molecular formula is C15H27N5O. The van der Waals surface area contributed by atoms with Crippen molar-refractivity contribution in [3.05, 3.63) is 11.4 Å². The fraction of sp³-hybridized carbons (Fsp3) is 0.733. The third-order valence-electron chi connectivity index (χ3n) is 3.61. The zero-order valence-corrected chi connectivity index (χ0v) is 13.1. The van der Waals surface area contributed by atoms with Gasteiger partial charge in [0.1, 0.15) is 17.5 Å². The van der Waals surface area contributed by atoms with Crippen molar-refractivity contribution >= 4 is 11.6 Å². The zero-order valence-electron chi connectivity index (χ0n) is 13.1. The van der Waals surface area contributed by atoms with Gasteiger partial charge in [-0.15, -0.1) is 0 Å². The van der Waals surface area contributed by atoms with Crippen LogP contribution in [0.25, 0.3) is 0 Å². The standard InChI is InChI=1S/C15H27N5O/c1-3-5-13-18-14(11(2)15(19-13)20-16)17-8-4-9-21-10-12-6-7-12/h12H,3-10,16H2,1-2H3,(H2,17,18,19,20). The number of rotatable bonds is 10. The fourth-order valence-electron chi connectivity index (χ4n) is 2.13. The van der Waals surface area contributed by atoms with E-state index in [0.717, 1.165) is 62.1 Å². The Labute approximate surface area is 126 Å². The van der Waals surface area contributed by atoms with Crippen molar-refractivity contribution in [2.45, 2.75) is 46.0 Å². The average Bonchev–Trinajstić information content (AvgIpc) is 3.29. The number of nitrogens with zero attached hydrogens (tertiary/aromatic N) is 2. The van der Waals surface area contributed by atoms with Crippen molar-refractivity contribution in [2.24, 2.45) is 11.8 Å². The lowest BCUT2D eigenvalue weighted by Crippen LogP contribution is -2.16. The summed E-state index contributed by atoms with van der Waals surface area (Å²) in [5.41, 5.74) is 3.60. The summed E-state index contributed by atoms with van der Waals surface area (Å²) >= 11 is 0. The highest BCUT2D eigenvalue weighted by Gasteiger charge is 2.20. The van der Waals surface area contributed by atoms with E-state index in [4.69, 9.17) is 10.6 Å². The van der Waals surface area contributed by atoms with E-state index in [0.29, 0.717) is 5.82 Å². The van der Waals surface area contributed by atoms with Gasteiger partial charge in [0.25, 0.3) is 0 Å². The zero-order chi connectivity index (χ0) is 15.1. The SMILES string of the molecule is CCCc1nc(NN)c(C)c(NCCCOCC2CC2)n1. The van der Waals surface area contributed by atoms with E-state index in [9.17, 15) is 0 Å². The number of hydrogen-bond donors (Lipinski definition) is 3. The van der Waals surface area contributed by atoms with E-state index in [2.05, 4.69) is 27.6 Å². The third-order valence-corrected chi connectivity index (χ3v) is 3.61. The molecule has 1 fully saturated rings. The molecule has 2 rings (SSSR count). The highest BCUT2D eigenvalue weighted by molar-refractivity contribution is 5.56. The molecule has 0 spiro atoms. The Hall–Kier alpha value is -1.40. The summed E-state index contributed by atoms with van der Waals surface area (Å²) in [4.78, 5) is 8.98. The molecule has 0 bridgehead atoms. The number of nitrogen functional groups attached to an aromatic ring is 1. The Morgan fingerprint density at radius 1 is 1.29 bits per heavy atom. The van der Waals surface area contributed by atoms with E-state index in [-0.39, 0.29) is 0 Å². The van der Waals surface area contributed by atoms with Crippen LogP contribution in [0.15, 0.2) is 0 Å². The van der Waals surface area contributed by atoms with Gasteiger partial charge in [-0.1, -0.05) is 6.92 Å². The number of hydrazine groups is 1. The van der Waals surface area contributed by atoms with Gasteiger partial charge < -0.3 is 15.5 Å². The fourth-order valence-corrected chi connectivity index (χ4v) is 2.13. The first-order chi connectivity index (χ1) is 10.2. The van der Waals surface area contributed by atoms with Crippen molar-refractivity contribution in [1.82, 2.24) is 9.97 Å². The number of nitrogens with two attached hydrogens (primary N) is 1. The van der Waals surface area contributed by atoms with Gasteiger partial charge in [0, 0.05) is 31.7 Å². The molecule has 0 radical (unpaired) electrons. The van der Waals surface area contributed by atoms with Gasteiger partial charge >= 0.3 is 0 Å². The molecule has 1 aliphatic carbocycles. The number of nitrogens with one attached hydrogen (secondary N) is 2. The first-order valence-electron chi connectivity index (χ1n) is 7.90. The van der Waals surface area contributed by atoms with Crippen molar-refractivity contribution in [1.29, 1.82) is 0 Å². The molecule has 6 heteroatoms. The van der Waals surface area contributed by atoms with Gasteiger partial charge in [-0.05, 0) is 38.5 Å². The molecule has 0 amide bonds. The van der Waals surface area contributed by atoms with Crippen LogP contribution in [0.5, 0.6) is 0 Å². The van der Waals surface area contributed by atoms with Crippen LogP contribution in [0.3, 0.4) is 0 Å². The van der Waals surface area contributed by atoms with Crippen LogP contribution in [0.2, 0.25) is 0 Å². The lowest BCUT2D eigenvalue weighted by Gasteiger charge is -2.13. The predicted molar refractivity (Wildman–Crippen MR) is 85.2 cm³/mol. The van der Waals surface area contributed by atoms with Crippen LogP contribution in [-0.4, -0.2) is 29.7 Å². The summed E-state index contributed by atoms with van der Waals surface area (Å²) in [6.07, 6.45) is 5.53. The Morgan fingerprint density at radius 3 is 2.71 bits per heavy atom. The molecule has 0 atom stereocenters. The number of ether oxygens (including phenoxy) is 1. The number of aryl methyl sites for hydroxylation is 1. The van der Waals surface area contributed by atoms with E-state index in [1.54, 1.807) is 0 Å². The Morgan fingerprint density at radius 2 is 2.05 bits per heavy atom. The largest absolute Gasteiger partial charge is 0.381 e. The minimum absolute atomic E-state index is 0.695. The minimum atomic E-state index is 0.695. The molecule has 0 aromatic carbocycles. The summed E-state index contributed by atoms with van der Waals surface area (Å²) in [5.74, 6) is 8.74. The van der Waals surface area contributed by atoms with E-state index < -0.39 is 0 Å². The normalized spacial score (nSPS) is 14.2. The molecule has 118 valence electrons. The number of aromatic nitrogens is 2. The molecular weight excluding hydrogens is 266 g/mol. The van der Waals surface area contributed by atoms with E-state index >= 15 is 0 Å². The monoisotopic (exact) mass is 293 g/mol. The maximum atomic E-state index is 5.63.